The van der Waals surface area contributed by atoms with E-state index in [0.29, 0.717) is 18.2 Å². The number of anilines is 2. The first-order valence-corrected chi connectivity index (χ1v) is 13.5. The lowest BCUT2D eigenvalue weighted by molar-refractivity contribution is -0.137. The minimum absolute atomic E-state index is 0.0331. The fraction of sp³-hybridized carbons (Fsp3) is 0.387. The van der Waals surface area contributed by atoms with Crippen LogP contribution in [-0.4, -0.2) is 57.9 Å². The molecule has 0 saturated carbocycles. The molecule has 0 radical (unpaired) electrons. The van der Waals surface area contributed by atoms with Crippen molar-refractivity contribution in [2.24, 2.45) is 0 Å². The highest BCUT2D eigenvalue weighted by atomic mass is 19.4. The van der Waals surface area contributed by atoms with Crippen LogP contribution in [0, 0.1) is 6.92 Å². The van der Waals surface area contributed by atoms with Gasteiger partial charge < -0.3 is 14.7 Å². The van der Waals surface area contributed by atoms with Gasteiger partial charge in [-0.05, 0) is 81.7 Å². The number of alkyl halides is 3. The van der Waals surface area contributed by atoms with E-state index in [2.05, 4.69) is 23.7 Å². The minimum Gasteiger partial charge on any atom is -0.330 e. The minimum atomic E-state index is -4.40. The van der Waals surface area contributed by atoms with Gasteiger partial charge in [0, 0.05) is 55.9 Å². The molecule has 0 bridgehead atoms. The fourth-order valence-corrected chi connectivity index (χ4v) is 4.94. The zero-order valence-electron chi connectivity index (χ0n) is 23.4. The first kappa shape index (κ1) is 29.3. The number of benzene rings is 1. The number of pyridine rings is 2. The number of rotatable bonds is 8. The maximum atomic E-state index is 13.5. The Hall–Kier alpha value is -3.72. The van der Waals surface area contributed by atoms with Crippen molar-refractivity contribution in [3.8, 4) is 0 Å². The highest BCUT2D eigenvalue weighted by Crippen LogP contribution is 2.29. The van der Waals surface area contributed by atoms with Crippen molar-refractivity contribution in [2.45, 2.75) is 58.4 Å². The van der Waals surface area contributed by atoms with Gasteiger partial charge in [0.15, 0.2) is 0 Å². The van der Waals surface area contributed by atoms with Crippen LogP contribution in [0.5, 0.6) is 0 Å². The molecule has 0 aliphatic carbocycles. The normalized spacial score (nSPS) is 15.1. The van der Waals surface area contributed by atoms with Crippen molar-refractivity contribution < 1.29 is 18.0 Å². The summed E-state index contributed by atoms with van der Waals surface area (Å²) in [5.41, 5.74) is 2.45. The molecule has 1 amide bonds. The first-order chi connectivity index (χ1) is 19.0. The van der Waals surface area contributed by atoms with Crippen LogP contribution in [0.15, 0.2) is 66.9 Å². The number of nitrogens with zero attached hydrogens (tertiary/aromatic N) is 5. The van der Waals surface area contributed by atoms with E-state index in [1.165, 1.54) is 18.2 Å². The lowest BCUT2D eigenvalue weighted by Gasteiger charge is -2.39. The summed E-state index contributed by atoms with van der Waals surface area (Å²) in [6.07, 6.45) is 2.07. The van der Waals surface area contributed by atoms with Gasteiger partial charge >= 0.3 is 6.18 Å². The Labute approximate surface area is 234 Å². The van der Waals surface area contributed by atoms with Crippen LogP contribution in [0.4, 0.5) is 24.7 Å². The lowest BCUT2D eigenvalue weighted by Crippen LogP contribution is -2.48. The van der Waals surface area contributed by atoms with Crippen LogP contribution in [0.2, 0.25) is 0 Å². The molecule has 40 heavy (non-hydrogen) atoms. The summed E-state index contributed by atoms with van der Waals surface area (Å²) in [4.78, 5) is 28.9. The van der Waals surface area contributed by atoms with E-state index in [4.69, 9.17) is 4.98 Å². The molecule has 0 atom stereocenters. The van der Waals surface area contributed by atoms with Crippen LogP contribution < -0.4 is 4.90 Å². The van der Waals surface area contributed by atoms with Crippen molar-refractivity contribution in [3.63, 3.8) is 0 Å². The molecule has 1 aliphatic heterocycles. The van der Waals surface area contributed by atoms with Crippen molar-refractivity contribution in [1.82, 2.24) is 19.8 Å². The Morgan fingerprint density at radius 3 is 2.42 bits per heavy atom. The SMILES string of the molecule is Cc1cc(N(C)c2cccc(CN(C(=O)/C=C/c3ccc(C(F)(F)F)cc3)C3CCN(C(C)C)CC3)n2)ccn1. The maximum absolute atomic E-state index is 13.5. The van der Waals surface area contributed by atoms with Gasteiger partial charge in [0.2, 0.25) is 5.91 Å². The summed E-state index contributed by atoms with van der Waals surface area (Å²) in [6.45, 7) is 8.41. The van der Waals surface area contributed by atoms with Crippen LogP contribution >= 0.6 is 0 Å². The molecular weight excluding hydrogens is 515 g/mol. The molecule has 1 aliphatic rings. The zero-order valence-corrected chi connectivity index (χ0v) is 23.4. The van der Waals surface area contributed by atoms with E-state index in [0.717, 1.165) is 61.0 Å². The molecule has 3 heterocycles. The number of carbonyl (C=O) groups excluding carboxylic acids is 1. The predicted octanol–water partition coefficient (Wildman–Crippen LogP) is 6.49. The quantitative estimate of drug-likeness (QED) is 0.300. The molecule has 1 aromatic carbocycles. The van der Waals surface area contributed by atoms with E-state index in [-0.39, 0.29) is 11.9 Å². The summed E-state index contributed by atoms with van der Waals surface area (Å²) in [7, 11) is 1.94. The predicted molar refractivity (Wildman–Crippen MR) is 152 cm³/mol. The van der Waals surface area contributed by atoms with Gasteiger partial charge in [0.1, 0.15) is 5.82 Å². The molecule has 0 spiro atoms. The van der Waals surface area contributed by atoms with Gasteiger partial charge in [0.05, 0.1) is 17.8 Å². The highest BCUT2D eigenvalue weighted by molar-refractivity contribution is 5.92. The summed E-state index contributed by atoms with van der Waals surface area (Å²) in [5, 5.41) is 0. The molecule has 212 valence electrons. The number of halogens is 3. The van der Waals surface area contributed by atoms with Crippen LogP contribution in [0.3, 0.4) is 0 Å². The Morgan fingerprint density at radius 2 is 1.80 bits per heavy atom. The Bertz CT molecular complexity index is 1320. The molecule has 1 fully saturated rings. The van der Waals surface area contributed by atoms with Gasteiger partial charge in [0.25, 0.3) is 0 Å². The van der Waals surface area contributed by atoms with Crippen LogP contribution in [0.1, 0.15) is 49.2 Å². The number of aryl methyl sites for hydroxylation is 1. The average Bonchev–Trinajstić information content (AvgIpc) is 2.94. The Balaban J connectivity index is 1.55. The smallest absolute Gasteiger partial charge is 0.330 e. The molecule has 1 saturated heterocycles. The standard InChI is InChI=1S/C31H36F3N5O/c1-22(2)38-18-15-27(16-19-38)39(30(40)13-10-24-8-11-25(12-9-24)31(32,33)34)21-26-6-5-7-29(36-26)37(4)28-14-17-35-23(3)20-28/h5-14,17,20,22,27H,15-16,18-19,21H2,1-4H3/b13-10+. The molecule has 2 aromatic heterocycles. The molecule has 6 nitrogen and oxygen atoms in total. The second-order valence-corrected chi connectivity index (χ2v) is 10.5. The number of hydrogen-bond donors (Lipinski definition) is 0. The van der Waals surface area contributed by atoms with Gasteiger partial charge in [-0.3, -0.25) is 9.78 Å². The monoisotopic (exact) mass is 551 g/mol. The number of aromatic nitrogens is 2. The lowest BCUT2D eigenvalue weighted by atomic mass is 10.0. The van der Waals surface area contributed by atoms with Gasteiger partial charge in [-0.1, -0.05) is 18.2 Å². The molecular formula is C31H36F3N5O. The van der Waals surface area contributed by atoms with Crippen molar-refractivity contribution in [3.05, 3.63) is 89.4 Å². The molecule has 0 N–H and O–H groups in total. The second kappa shape index (κ2) is 12.6. The average molecular weight is 552 g/mol. The van der Waals surface area contributed by atoms with Crippen LogP contribution in [-0.2, 0) is 17.5 Å². The van der Waals surface area contributed by atoms with E-state index in [1.807, 2.05) is 54.1 Å². The highest BCUT2D eigenvalue weighted by Gasteiger charge is 2.30. The molecule has 9 heteroatoms. The number of likely N-dealkylation sites (tertiary alicyclic amines) is 1. The molecule has 3 aromatic rings. The third-order valence-corrected chi connectivity index (χ3v) is 7.35. The van der Waals surface area contributed by atoms with E-state index >= 15 is 0 Å². The number of carbonyl (C=O) groups is 1. The van der Waals surface area contributed by atoms with Crippen LogP contribution in [0.25, 0.3) is 6.08 Å². The molecule has 4 rings (SSSR count). The van der Waals surface area contributed by atoms with Gasteiger partial charge in [-0.2, -0.15) is 13.2 Å². The van der Waals surface area contributed by atoms with E-state index in [1.54, 1.807) is 12.3 Å². The summed E-state index contributed by atoms with van der Waals surface area (Å²) >= 11 is 0. The Kier molecular flexibility index (Phi) is 9.25. The third kappa shape index (κ3) is 7.47. The van der Waals surface area contributed by atoms with E-state index in [9.17, 15) is 18.0 Å². The van der Waals surface area contributed by atoms with Crippen molar-refractivity contribution in [2.75, 3.05) is 25.0 Å². The first-order valence-electron chi connectivity index (χ1n) is 13.5. The number of amides is 1. The van der Waals surface area contributed by atoms with Gasteiger partial charge in [-0.25, -0.2) is 4.98 Å². The fourth-order valence-electron chi connectivity index (χ4n) is 4.94. The second-order valence-electron chi connectivity index (χ2n) is 10.5. The zero-order chi connectivity index (χ0) is 28.9. The topological polar surface area (TPSA) is 52.6 Å². The van der Waals surface area contributed by atoms with Gasteiger partial charge in [-0.15, -0.1) is 0 Å². The third-order valence-electron chi connectivity index (χ3n) is 7.35. The molecule has 0 unspecified atom stereocenters. The largest absolute Gasteiger partial charge is 0.416 e. The number of piperidine rings is 1. The van der Waals surface area contributed by atoms with Crippen molar-refractivity contribution >= 4 is 23.5 Å². The summed E-state index contributed by atoms with van der Waals surface area (Å²) in [6, 6.07) is 15.0. The van der Waals surface area contributed by atoms with E-state index < -0.39 is 11.7 Å². The maximum Gasteiger partial charge on any atom is 0.416 e. The summed E-state index contributed by atoms with van der Waals surface area (Å²) < 4.78 is 38.8. The number of hydrogen-bond acceptors (Lipinski definition) is 5. The Morgan fingerprint density at radius 1 is 1.10 bits per heavy atom. The van der Waals surface area contributed by atoms with Crippen molar-refractivity contribution in [1.29, 1.82) is 0 Å². The summed E-state index contributed by atoms with van der Waals surface area (Å²) in [5.74, 6) is 0.568.